The SMILES string of the molecule is c1cncc(-c2cc(NCc3cccc4[nH]ccc34)nc(-c3ccco3)c2)c1. The van der Waals surface area contributed by atoms with Gasteiger partial charge in [0.1, 0.15) is 11.5 Å². The van der Waals surface area contributed by atoms with Crippen molar-refractivity contribution in [3.05, 3.63) is 91.1 Å². The summed E-state index contributed by atoms with van der Waals surface area (Å²) in [6, 6.07) is 20.2. The molecule has 0 saturated heterocycles. The summed E-state index contributed by atoms with van der Waals surface area (Å²) in [4.78, 5) is 12.2. The normalized spacial score (nSPS) is 11.0. The molecule has 0 aliphatic rings. The van der Waals surface area contributed by atoms with E-state index in [1.165, 1.54) is 10.9 Å². The van der Waals surface area contributed by atoms with E-state index >= 15 is 0 Å². The van der Waals surface area contributed by atoms with Crippen LogP contribution < -0.4 is 5.32 Å². The highest BCUT2D eigenvalue weighted by Crippen LogP contribution is 2.28. The third-order valence-electron chi connectivity index (χ3n) is 4.74. The number of aromatic amines is 1. The summed E-state index contributed by atoms with van der Waals surface area (Å²) >= 11 is 0. The van der Waals surface area contributed by atoms with Crippen LogP contribution in [0.3, 0.4) is 0 Å². The van der Waals surface area contributed by atoms with Crippen molar-refractivity contribution in [1.29, 1.82) is 0 Å². The first-order chi connectivity index (χ1) is 13.9. The second kappa shape index (κ2) is 7.04. The molecule has 5 rings (SSSR count). The van der Waals surface area contributed by atoms with Crippen LogP contribution in [0.15, 0.2) is 89.9 Å². The molecule has 5 nitrogen and oxygen atoms in total. The Hall–Kier alpha value is -3.86. The minimum Gasteiger partial charge on any atom is -0.463 e. The summed E-state index contributed by atoms with van der Waals surface area (Å²) in [6.07, 6.45) is 7.25. The lowest BCUT2D eigenvalue weighted by atomic mass is 10.1. The van der Waals surface area contributed by atoms with Crippen LogP contribution in [0, 0.1) is 0 Å². The van der Waals surface area contributed by atoms with E-state index in [1.807, 2.05) is 48.8 Å². The molecule has 0 unspecified atom stereocenters. The van der Waals surface area contributed by atoms with Crippen molar-refractivity contribution in [3.63, 3.8) is 0 Å². The van der Waals surface area contributed by atoms with Crippen LogP contribution >= 0.6 is 0 Å². The predicted octanol–water partition coefficient (Wildman–Crippen LogP) is 5.50. The van der Waals surface area contributed by atoms with E-state index in [9.17, 15) is 0 Å². The lowest BCUT2D eigenvalue weighted by Crippen LogP contribution is -2.03. The summed E-state index contributed by atoms with van der Waals surface area (Å²) in [7, 11) is 0. The Morgan fingerprint density at radius 2 is 1.96 bits per heavy atom. The first-order valence-corrected chi connectivity index (χ1v) is 9.12. The fourth-order valence-corrected chi connectivity index (χ4v) is 3.36. The zero-order valence-corrected chi connectivity index (χ0v) is 15.1. The van der Waals surface area contributed by atoms with Crippen molar-refractivity contribution < 1.29 is 4.42 Å². The Labute approximate surface area is 162 Å². The van der Waals surface area contributed by atoms with Gasteiger partial charge < -0.3 is 14.7 Å². The number of rotatable bonds is 5. The number of hydrogen-bond donors (Lipinski definition) is 2. The van der Waals surface area contributed by atoms with Crippen LogP contribution in [0.2, 0.25) is 0 Å². The first kappa shape index (κ1) is 16.3. The van der Waals surface area contributed by atoms with Gasteiger partial charge in [-0.05, 0) is 53.6 Å². The fourth-order valence-electron chi connectivity index (χ4n) is 3.36. The number of furan rings is 1. The van der Waals surface area contributed by atoms with Gasteiger partial charge >= 0.3 is 0 Å². The summed E-state index contributed by atoms with van der Waals surface area (Å²) in [5.74, 6) is 1.53. The summed E-state index contributed by atoms with van der Waals surface area (Å²) in [6.45, 7) is 0.677. The van der Waals surface area contributed by atoms with E-state index in [-0.39, 0.29) is 0 Å². The molecule has 0 amide bonds. The largest absolute Gasteiger partial charge is 0.463 e. The second-order valence-electron chi connectivity index (χ2n) is 6.55. The Bertz CT molecular complexity index is 1210. The summed E-state index contributed by atoms with van der Waals surface area (Å²) in [5, 5.41) is 4.68. The fraction of sp³-hybridized carbons (Fsp3) is 0.0435. The molecule has 28 heavy (non-hydrogen) atoms. The number of pyridine rings is 2. The molecular weight excluding hydrogens is 348 g/mol. The monoisotopic (exact) mass is 366 g/mol. The topological polar surface area (TPSA) is 66.7 Å². The van der Waals surface area contributed by atoms with Crippen LogP contribution in [-0.4, -0.2) is 15.0 Å². The molecule has 1 aromatic carbocycles. The maximum absolute atomic E-state index is 5.57. The molecule has 0 radical (unpaired) electrons. The highest BCUT2D eigenvalue weighted by atomic mass is 16.3. The maximum atomic E-state index is 5.57. The molecule has 0 spiro atoms. The lowest BCUT2D eigenvalue weighted by molar-refractivity contribution is 0.580. The minimum absolute atomic E-state index is 0.677. The van der Waals surface area contributed by atoms with Gasteiger partial charge in [-0.15, -0.1) is 0 Å². The Balaban J connectivity index is 1.51. The van der Waals surface area contributed by atoms with Crippen molar-refractivity contribution in [2.24, 2.45) is 0 Å². The maximum Gasteiger partial charge on any atom is 0.152 e. The molecule has 4 aromatic heterocycles. The van der Waals surface area contributed by atoms with Gasteiger partial charge in [-0.25, -0.2) is 4.98 Å². The third-order valence-corrected chi connectivity index (χ3v) is 4.74. The van der Waals surface area contributed by atoms with Crippen molar-refractivity contribution in [3.8, 4) is 22.6 Å². The Morgan fingerprint density at radius 1 is 0.964 bits per heavy atom. The molecule has 0 bridgehead atoms. The first-order valence-electron chi connectivity index (χ1n) is 9.12. The van der Waals surface area contributed by atoms with Crippen LogP contribution in [0.25, 0.3) is 33.5 Å². The standard InChI is InChI=1S/C23H18N4O/c1-4-17(19-8-10-25-20(19)6-1)15-26-23-13-18(16-5-2-9-24-14-16)12-21(27-23)22-7-3-11-28-22/h1-14,25H,15H2,(H,26,27). The highest BCUT2D eigenvalue weighted by Gasteiger charge is 2.10. The van der Waals surface area contributed by atoms with Crippen molar-refractivity contribution in [2.45, 2.75) is 6.54 Å². The van der Waals surface area contributed by atoms with Gasteiger partial charge in [0.05, 0.1) is 6.26 Å². The second-order valence-corrected chi connectivity index (χ2v) is 6.55. The van der Waals surface area contributed by atoms with Gasteiger partial charge in [0.15, 0.2) is 5.76 Å². The van der Waals surface area contributed by atoms with Crippen molar-refractivity contribution >= 4 is 16.7 Å². The van der Waals surface area contributed by atoms with Crippen LogP contribution in [0.5, 0.6) is 0 Å². The number of nitrogens with one attached hydrogen (secondary N) is 2. The molecule has 136 valence electrons. The molecule has 0 saturated carbocycles. The quantitative estimate of drug-likeness (QED) is 0.431. The van der Waals surface area contributed by atoms with Crippen LogP contribution in [0.1, 0.15) is 5.56 Å². The number of H-pyrrole nitrogens is 1. The third kappa shape index (κ3) is 3.14. The van der Waals surface area contributed by atoms with E-state index in [2.05, 4.69) is 39.6 Å². The van der Waals surface area contributed by atoms with E-state index < -0.39 is 0 Å². The smallest absolute Gasteiger partial charge is 0.152 e. The average Bonchev–Trinajstić information content (AvgIpc) is 3.45. The van der Waals surface area contributed by atoms with Gasteiger partial charge in [-0.3, -0.25) is 4.98 Å². The number of benzene rings is 1. The molecule has 0 fully saturated rings. The zero-order chi connectivity index (χ0) is 18.8. The molecule has 5 aromatic rings. The number of fused-ring (bicyclic) bond motifs is 1. The van der Waals surface area contributed by atoms with Gasteiger partial charge in [0, 0.05) is 41.6 Å². The zero-order valence-electron chi connectivity index (χ0n) is 15.1. The molecule has 5 heteroatoms. The van der Waals surface area contributed by atoms with Gasteiger partial charge in [-0.2, -0.15) is 0 Å². The van der Waals surface area contributed by atoms with E-state index in [4.69, 9.17) is 9.40 Å². The summed E-state index contributed by atoms with van der Waals surface area (Å²) < 4.78 is 5.57. The van der Waals surface area contributed by atoms with E-state index in [0.717, 1.165) is 33.9 Å². The Morgan fingerprint density at radius 3 is 2.82 bits per heavy atom. The molecule has 0 aliphatic carbocycles. The summed E-state index contributed by atoms with van der Waals surface area (Å²) in [5.41, 5.74) is 5.21. The molecule has 0 aliphatic heterocycles. The number of anilines is 1. The number of aromatic nitrogens is 3. The lowest BCUT2D eigenvalue weighted by Gasteiger charge is -2.11. The van der Waals surface area contributed by atoms with Crippen LogP contribution in [-0.2, 0) is 6.54 Å². The number of nitrogens with zero attached hydrogens (tertiary/aromatic N) is 2. The van der Waals surface area contributed by atoms with E-state index in [1.54, 1.807) is 12.5 Å². The van der Waals surface area contributed by atoms with Gasteiger partial charge in [0.2, 0.25) is 0 Å². The minimum atomic E-state index is 0.677. The molecule has 0 atom stereocenters. The number of hydrogen-bond acceptors (Lipinski definition) is 4. The van der Waals surface area contributed by atoms with Crippen molar-refractivity contribution in [1.82, 2.24) is 15.0 Å². The molecule has 2 N–H and O–H groups in total. The predicted molar refractivity (Wildman–Crippen MR) is 111 cm³/mol. The van der Waals surface area contributed by atoms with E-state index in [0.29, 0.717) is 6.54 Å². The van der Waals surface area contributed by atoms with Gasteiger partial charge in [0.25, 0.3) is 0 Å². The van der Waals surface area contributed by atoms with Crippen LogP contribution in [0.4, 0.5) is 5.82 Å². The highest BCUT2D eigenvalue weighted by molar-refractivity contribution is 5.83. The molecule has 4 heterocycles. The van der Waals surface area contributed by atoms with Gasteiger partial charge in [-0.1, -0.05) is 18.2 Å². The Kier molecular flexibility index (Phi) is 4.10. The van der Waals surface area contributed by atoms with Crippen molar-refractivity contribution in [2.75, 3.05) is 5.32 Å². The average molecular weight is 366 g/mol. The molecular formula is C23H18N4O.